The van der Waals surface area contributed by atoms with Crippen LogP contribution in [0.1, 0.15) is 52.5 Å². The molecule has 7 atom stereocenters. The minimum atomic E-state index is -1.61. The summed E-state index contributed by atoms with van der Waals surface area (Å²) in [4.78, 5) is 53.4. The molecule has 3 N–H and O–H groups in total. The van der Waals surface area contributed by atoms with Crippen molar-refractivity contribution in [1.29, 1.82) is 0 Å². The monoisotopic (exact) mass is 934 g/mol. The number of hydrogen-bond acceptors (Lipinski definition) is 11. The highest BCUT2D eigenvalue weighted by Gasteiger charge is 2.53. The van der Waals surface area contributed by atoms with Crippen LogP contribution in [0.25, 0.3) is 11.1 Å². The molecule has 0 bridgehead atoms. The predicted molar refractivity (Wildman–Crippen MR) is 253 cm³/mol. The molecule has 0 saturated carbocycles. The standard InChI is InChI=1S/C54H50N2O11S/c1-34(57)55-47-49(66-46(58)33-68-54(36-20-8-3-9-21-36,37-22-10-4-11-23-37)38-24-12-5-13-25-38)48-45(32-63-51(67-48)35-18-6-2-7-19-35)65-52(47)62-31-44(50(59)60)56-53(61)64-30-43-41-28-16-14-26-39(41)40-27-15-17-29-42(40)43/h2-29,43-45,47-49,51-52H,30-33H2,1H3,(H,55,57)(H,56,61)(H,59,60)/t44?,45?,47-,48+,49+,51?,52+/m0/s1. The molecule has 14 heteroatoms. The van der Waals surface area contributed by atoms with Gasteiger partial charge < -0.3 is 44.2 Å². The SMILES string of the molecule is CC(=O)N[C@@H]1[C@H](OCC(NC(=O)OCC2c3ccccc3-c3ccccc32)C(=O)O)OC2COC(c3ccccc3)O[C@H]2[C@@H]1OC(=O)CSC(c1ccccc1)(c1ccccc1)c1ccccc1. The quantitative estimate of drug-likeness (QED) is 0.0634. The number of carboxylic acid groups (broad SMARTS) is 1. The fraction of sp³-hybridized carbons (Fsp3) is 0.259. The van der Waals surface area contributed by atoms with Gasteiger partial charge in [-0.25, -0.2) is 9.59 Å². The Balaban J connectivity index is 0.951. The Labute approximate surface area is 398 Å². The van der Waals surface area contributed by atoms with E-state index in [2.05, 4.69) is 10.6 Å². The Morgan fingerprint density at radius 1 is 0.721 bits per heavy atom. The van der Waals surface area contributed by atoms with Crippen LogP contribution in [0.15, 0.2) is 170 Å². The van der Waals surface area contributed by atoms with Gasteiger partial charge in [0, 0.05) is 18.4 Å². The fourth-order valence-electron chi connectivity index (χ4n) is 9.29. The largest absolute Gasteiger partial charge is 0.480 e. The molecule has 3 aliphatic rings. The lowest BCUT2D eigenvalue weighted by molar-refractivity contribution is -0.345. The normalized spacial score (nSPS) is 21.2. The number of aliphatic carboxylic acids is 1. The van der Waals surface area contributed by atoms with Crippen LogP contribution in [0.2, 0.25) is 0 Å². The maximum Gasteiger partial charge on any atom is 0.407 e. The smallest absolute Gasteiger partial charge is 0.407 e. The lowest BCUT2D eigenvalue weighted by atomic mass is 9.84. The van der Waals surface area contributed by atoms with E-state index in [9.17, 15) is 24.3 Å². The van der Waals surface area contributed by atoms with Gasteiger partial charge in [-0.05, 0) is 38.9 Å². The molecule has 2 heterocycles. The first-order valence-electron chi connectivity index (χ1n) is 22.4. The van der Waals surface area contributed by atoms with Crippen molar-refractivity contribution in [2.75, 3.05) is 25.6 Å². The minimum absolute atomic E-state index is 0.0286. The molecule has 9 rings (SSSR count). The van der Waals surface area contributed by atoms with E-state index in [0.29, 0.717) is 5.56 Å². The number of hydrogen-bond donors (Lipinski definition) is 3. The van der Waals surface area contributed by atoms with Crippen molar-refractivity contribution in [2.45, 2.75) is 60.6 Å². The van der Waals surface area contributed by atoms with Gasteiger partial charge in [-0.1, -0.05) is 170 Å². The van der Waals surface area contributed by atoms with Gasteiger partial charge >= 0.3 is 18.0 Å². The van der Waals surface area contributed by atoms with Gasteiger partial charge in [0.15, 0.2) is 24.7 Å². The zero-order chi connectivity index (χ0) is 47.0. The summed E-state index contributed by atoms with van der Waals surface area (Å²) in [6, 6.07) is 51.9. The van der Waals surface area contributed by atoms with Crippen LogP contribution in [-0.4, -0.2) is 91.3 Å². The number of carbonyl (C=O) groups is 4. The molecule has 0 aromatic heterocycles. The van der Waals surface area contributed by atoms with Gasteiger partial charge in [0.2, 0.25) is 5.91 Å². The van der Waals surface area contributed by atoms with Crippen LogP contribution in [0.4, 0.5) is 4.79 Å². The Bertz CT molecular complexity index is 2550. The summed E-state index contributed by atoms with van der Waals surface area (Å²) >= 11 is 1.39. The summed E-state index contributed by atoms with van der Waals surface area (Å²) in [5, 5.41) is 15.5. The van der Waals surface area contributed by atoms with Crippen molar-refractivity contribution in [3.63, 3.8) is 0 Å². The Morgan fingerprint density at radius 3 is 1.79 bits per heavy atom. The van der Waals surface area contributed by atoms with Crippen molar-refractivity contribution in [3.05, 3.63) is 203 Å². The number of amides is 2. The van der Waals surface area contributed by atoms with Gasteiger partial charge in [-0.2, -0.15) is 0 Å². The van der Waals surface area contributed by atoms with Crippen molar-refractivity contribution in [3.8, 4) is 11.1 Å². The number of nitrogens with one attached hydrogen (secondary N) is 2. The first kappa shape index (κ1) is 46.3. The van der Waals surface area contributed by atoms with E-state index >= 15 is 0 Å². The number of fused-ring (bicyclic) bond motifs is 4. The number of thioether (sulfide) groups is 1. The summed E-state index contributed by atoms with van der Waals surface area (Å²) in [6.45, 7) is 0.614. The second-order valence-electron chi connectivity index (χ2n) is 16.7. The van der Waals surface area contributed by atoms with E-state index < -0.39 is 78.3 Å². The molecule has 2 fully saturated rings. The maximum atomic E-state index is 14.5. The fourth-order valence-corrected chi connectivity index (χ4v) is 10.6. The lowest BCUT2D eigenvalue weighted by Crippen LogP contribution is -2.68. The van der Waals surface area contributed by atoms with E-state index in [1.54, 1.807) is 0 Å². The van der Waals surface area contributed by atoms with Crippen LogP contribution in [-0.2, 0) is 47.6 Å². The molecule has 0 radical (unpaired) electrons. The first-order valence-corrected chi connectivity index (χ1v) is 23.4. The number of benzene rings is 6. The average molecular weight is 935 g/mol. The summed E-state index contributed by atoms with van der Waals surface area (Å²) in [6.07, 6.45) is -6.32. The van der Waals surface area contributed by atoms with E-state index in [0.717, 1.165) is 38.9 Å². The molecule has 2 saturated heterocycles. The van der Waals surface area contributed by atoms with E-state index in [-0.39, 0.29) is 24.9 Å². The molecular weight excluding hydrogens is 885 g/mol. The van der Waals surface area contributed by atoms with Crippen molar-refractivity contribution < 1.29 is 52.7 Å². The van der Waals surface area contributed by atoms with Crippen LogP contribution in [0.3, 0.4) is 0 Å². The predicted octanol–water partition coefficient (Wildman–Crippen LogP) is 7.98. The molecule has 2 amide bonds. The highest BCUT2D eigenvalue weighted by Crippen LogP contribution is 2.49. The zero-order valence-electron chi connectivity index (χ0n) is 37.1. The second-order valence-corrected chi connectivity index (χ2v) is 17.9. The lowest BCUT2D eigenvalue weighted by Gasteiger charge is -2.49. The molecule has 1 aliphatic carbocycles. The summed E-state index contributed by atoms with van der Waals surface area (Å²) in [5.41, 5.74) is 7.64. The molecule has 0 spiro atoms. The summed E-state index contributed by atoms with van der Waals surface area (Å²) in [7, 11) is 0. The molecule has 3 unspecified atom stereocenters. The highest BCUT2D eigenvalue weighted by atomic mass is 32.2. The number of carboxylic acids is 1. The summed E-state index contributed by atoms with van der Waals surface area (Å²) < 4.78 is 36.4. The van der Waals surface area contributed by atoms with Crippen molar-refractivity contribution in [2.24, 2.45) is 0 Å². The topological polar surface area (TPSA) is 168 Å². The summed E-state index contributed by atoms with van der Waals surface area (Å²) in [5.74, 6) is -2.92. The number of alkyl carbamates (subject to hydrolysis) is 1. The molecular formula is C54H50N2O11S. The van der Waals surface area contributed by atoms with Gasteiger partial charge in [-0.15, -0.1) is 11.8 Å². The van der Waals surface area contributed by atoms with Gasteiger partial charge in [0.25, 0.3) is 0 Å². The van der Waals surface area contributed by atoms with E-state index in [4.69, 9.17) is 28.4 Å². The van der Waals surface area contributed by atoms with Gasteiger partial charge in [0.05, 0.1) is 23.7 Å². The minimum Gasteiger partial charge on any atom is -0.480 e. The van der Waals surface area contributed by atoms with Crippen LogP contribution in [0, 0.1) is 0 Å². The number of esters is 1. The average Bonchev–Trinajstić information content (AvgIpc) is 3.69. The second kappa shape index (κ2) is 21.0. The third-order valence-electron chi connectivity index (χ3n) is 12.4. The number of rotatable bonds is 16. The highest BCUT2D eigenvalue weighted by molar-refractivity contribution is 8.01. The number of ether oxygens (including phenoxy) is 6. The van der Waals surface area contributed by atoms with Gasteiger partial charge in [-0.3, -0.25) is 9.59 Å². The van der Waals surface area contributed by atoms with Crippen LogP contribution < -0.4 is 10.6 Å². The Morgan fingerprint density at radius 2 is 1.25 bits per heavy atom. The molecule has 13 nitrogen and oxygen atoms in total. The van der Waals surface area contributed by atoms with Crippen molar-refractivity contribution >= 4 is 35.7 Å². The Kier molecular flexibility index (Phi) is 14.3. The molecule has 68 heavy (non-hydrogen) atoms. The maximum absolute atomic E-state index is 14.5. The van der Waals surface area contributed by atoms with E-state index in [1.165, 1.54) is 18.7 Å². The number of carbonyl (C=O) groups excluding carboxylic acids is 3. The van der Waals surface area contributed by atoms with Gasteiger partial charge in [0.1, 0.15) is 24.9 Å². The van der Waals surface area contributed by atoms with E-state index in [1.807, 2.05) is 170 Å². The third kappa shape index (κ3) is 9.91. The molecule has 6 aromatic rings. The molecule has 2 aliphatic heterocycles. The van der Waals surface area contributed by atoms with Crippen LogP contribution >= 0.6 is 11.8 Å². The molecule has 348 valence electrons. The Hall–Kier alpha value is -6.81. The third-order valence-corrected chi connectivity index (χ3v) is 13.9. The first-order chi connectivity index (χ1) is 33.2. The zero-order valence-corrected chi connectivity index (χ0v) is 37.9. The van der Waals surface area contributed by atoms with Crippen LogP contribution in [0.5, 0.6) is 0 Å². The molecule has 6 aromatic carbocycles. The van der Waals surface area contributed by atoms with Crippen molar-refractivity contribution in [1.82, 2.24) is 10.6 Å².